The first-order valence-corrected chi connectivity index (χ1v) is 16.8. The number of hydrogen-bond donors (Lipinski definition) is 0. The molecule has 2 heterocycles. The molecular formula is C39H33BrO4S. The fourth-order valence-corrected chi connectivity index (χ4v) is 8.01. The van der Waals surface area contributed by atoms with Crippen molar-refractivity contribution >= 4 is 37.4 Å². The molecule has 1 fully saturated rings. The van der Waals surface area contributed by atoms with Crippen LogP contribution in [0, 0.1) is 0 Å². The van der Waals surface area contributed by atoms with Crippen LogP contribution in [0.1, 0.15) is 42.4 Å². The van der Waals surface area contributed by atoms with Gasteiger partial charge in [-0.25, -0.2) is 0 Å². The summed E-state index contributed by atoms with van der Waals surface area (Å²) in [7, 11) is 0. The van der Waals surface area contributed by atoms with E-state index in [0.717, 1.165) is 53.0 Å². The first-order valence-electron chi connectivity index (χ1n) is 15.1. The SMILES string of the molecule is CC(C)Oc1ccc2c(Br)c(-c3ccc(OC(c4ccccc4)(c4ccccc4)c4ccccc4)c(C4OCCO4)c3)sc2c1. The number of hydrogen-bond acceptors (Lipinski definition) is 5. The number of thiophene rings is 1. The fraction of sp³-hybridized carbons (Fsp3) is 0.179. The van der Waals surface area contributed by atoms with Gasteiger partial charge in [-0.1, -0.05) is 91.0 Å². The molecule has 0 N–H and O–H groups in total. The second-order valence-corrected chi connectivity index (χ2v) is 13.1. The third kappa shape index (κ3) is 5.80. The minimum atomic E-state index is -0.927. The zero-order chi connectivity index (χ0) is 30.8. The highest BCUT2D eigenvalue weighted by atomic mass is 79.9. The molecule has 5 aromatic carbocycles. The molecule has 45 heavy (non-hydrogen) atoms. The molecule has 0 unspecified atom stereocenters. The van der Waals surface area contributed by atoms with Crippen LogP contribution in [0.4, 0.5) is 0 Å². The molecule has 1 aromatic heterocycles. The molecule has 1 saturated heterocycles. The molecule has 0 bridgehead atoms. The van der Waals surface area contributed by atoms with Crippen LogP contribution in [0.25, 0.3) is 20.5 Å². The van der Waals surface area contributed by atoms with Crippen molar-refractivity contribution in [2.45, 2.75) is 31.8 Å². The van der Waals surface area contributed by atoms with Crippen molar-refractivity contribution in [1.82, 2.24) is 0 Å². The third-order valence-corrected chi connectivity index (χ3v) is 10.2. The molecule has 0 radical (unpaired) electrons. The predicted molar refractivity (Wildman–Crippen MR) is 185 cm³/mol. The smallest absolute Gasteiger partial charge is 0.187 e. The van der Waals surface area contributed by atoms with Crippen molar-refractivity contribution in [2.75, 3.05) is 13.2 Å². The van der Waals surface area contributed by atoms with Crippen molar-refractivity contribution in [3.05, 3.63) is 154 Å². The minimum absolute atomic E-state index is 0.113. The van der Waals surface area contributed by atoms with Gasteiger partial charge in [0.15, 0.2) is 11.9 Å². The highest BCUT2D eigenvalue weighted by Crippen LogP contribution is 2.48. The maximum atomic E-state index is 7.35. The maximum Gasteiger partial charge on any atom is 0.187 e. The molecule has 0 saturated carbocycles. The van der Waals surface area contributed by atoms with E-state index in [-0.39, 0.29) is 6.10 Å². The first-order chi connectivity index (χ1) is 22.0. The number of ether oxygens (including phenoxy) is 4. The molecular weight excluding hydrogens is 644 g/mol. The van der Waals surface area contributed by atoms with Gasteiger partial charge in [-0.05, 0) is 71.7 Å². The van der Waals surface area contributed by atoms with E-state index in [0.29, 0.717) is 19.0 Å². The van der Waals surface area contributed by atoms with Gasteiger partial charge in [0.05, 0.1) is 24.9 Å². The predicted octanol–water partition coefficient (Wildman–Crippen LogP) is 10.5. The lowest BCUT2D eigenvalue weighted by molar-refractivity contribution is -0.0469. The Bertz CT molecular complexity index is 1800. The molecule has 0 spiro atoms. The van der Waals surface area contributed by atoms with E-state index in [1.54, 1.807) is 11.3 Å². The van der Waals surface area contributed by atoms with Gasteiger partial charge in [0.1, 0.15) is 11.5 Å². The lowest BCUT2D eigenvalue weighted by Crippen LogP contribution is -2.36. The topological polar surface area (TPSA) is 36.9 Å². The Morgan fingerprint density at radius 2 is 1.31 bits per heavy atom. The van der Waals surface area contributed by atoms with Gasteiger partial charge in [-0.2, -0.15) is 0 Å². The maximum absolute atomic E-state index is 7.35. The van der Waals surface area contributed by atoms with E-state index < -0.39 is 11.9 Å². The van der Waals surface area contributed by atoms with Crippen LogP contribution in [-0.4, -0.2) is 19.3 Å². The molecule has 6 heteroatoms. The summed E-state index contributed by atoms with van der Waals surface area (Å²) in [6.45, 7) is 5.14. The van der Waals surface area contributed by atoms with Crippen molar-refractivity contribution in [2.24, 2.45) is 0 Å². The summed E-state index contributed by atoms with van der Waals surface area (Å²) in [5, 5.41) is 1.15. The Kier molecular flexibility index (Phi) is 8.47. The number of benzene rings is 5. The van der Waals surface area contributed by atoms with Gasteiger partial charge < -0.3 is 18.9 Å². The minimum Gasteiger partial charge on any atom is -0.491 e. The standard InChI is InChI=1S/C39H33BrO4S/c1-26(2)43-31-19-20-32-35(25-31)45-37(36(32)40)27-18-21-34(33(24-27)38-41-22-23-42-38)44-39(28-12-6-3-7-13-28,29-14-8-4-9-15-29)30-16-10-5-11-17-30/h3-21,24-26,38H,22-23H2,1-2H3. The van der Waals surface area contributed by atoms with Crippen LogP contribution in [-0.2, 0) is 15.1 Å². The van der Waals surface area contributed by atoms with E-state index in [1.807, 2.05) is 38.1 Å². The summed E-state index contributed by atoms with van der Waals surface area (Å²) in [5.41, 5.74) is 4.06. The summed E-state index contributed by atoms with van der Waals surface area (Å²) in [6.07, 6.45) is -0.430. The molecule has 0 aliphatic carbocycles. The first kappa shape index (κ1) is 29.8. The van der Waals surface area contributed by atoms with Crippen molar-refractivity contribution in [1.29, 1.82) is 0 Å². The van der Waals surface area contributed by atoms with Gasteiger partial charge >= 0.3 is 0 Å². The molecule has 0 amide bonds. The average Bonchev–Trinajstić information content (AvgIpc) is 3.73. The molecule has 7 rings (SSSR count). The van der Waals surface area contributed by atoms with Crippen LogP contribution in [0.3, 0.4) is 0 Å². The Labute approximate surface area is 276 Å². The van der Waals surface area contributed by atoms with Crippen LogP contribution < -0.4 is 9.47 Å². The number of fused-ring (bicyclic) bond motifs is 1. The second kappa shape index (κ2) is 12.8. The zero-order valence-corrected chi connectivity index (χ0v) is 27.5. The van der Waals surface area contributed by atoms with Gasteiger partial charge in [-0.15, -0.1) is 11.3 Å². The molecule has 4 nitrogen and oxygen atoms in total. The van der Waals surface area contributed by atoms with Crippen molar-refractivity contribution in [3.63, 3.8) is 0 Å². The highest BCUT2D eigenvalue weighted by Gasteiger charge is 2.40. The van der Waals surface area contributed by atoms with Crippen molar-refractivity contribution in [3.8, 4) is 21.9 Å². The largest absolute Gasteiger partial charge is 0.491 e. The lowest BCUT2D eigenvalue weighted by atomic mass is 9.80. The van der Waals surface area contributed by atoms with Gasteiger partial charge in [0.2, 0.25) is 0 Å². The average molecular weight is 678 g/mol. The van der Waals surface area contributed by atoms with E-state index >= 15 is 0 Å². The summed E-state index contributed by atoms with van der Waals surface area (Å²) < 4.78 is 27.8. The Hall–Kier alpha value is -3.94. The van der Waals surface area contributed by atoms with Crippen molar-refractivity contribution < 1.29 is 18.9 Å². The van der Waals surface area contributed by atoms with Crippen LogP contribution in [0.2, 0.25) is 0 Å². The molecule has 6 aromatic rings. The molecule has 1 aliphatic heterocycles. The molecule has 226 valence electrons. The fourth-order valence-electron chi connectivity index (χ4n) is 5.94. The molecule has 1 aliphatic rings. The number of halogens is 1. The lowest BCUT2D eigenvalue weighted by Gasteiger charge is -2.37. The van der Waals surface area contributed by atoms with Crippen LogP contribution in [0.5, 0.6) is 11.5 Å². The van der Waals surface area contributed by atoms with Crippen LogP contribution in [0.15, 0.2) is 132 Å². The Morgan fingerprint density at radius 1 is 0.733 bits per heavy atom. The zero-order valence-electron chi connectivity index (χ0n) is 25.1. The number of rotatable bonds is 9. The van der Waals surface area contributed by atoms with Gasteiger partial charge in [-0.3, -0.25) is 0 Å². The summed E-state index contributed by atoms with van der Waals surface area (Å²) in [4.78, 5) is 1.12. The van der Waals surface area contributed by atoms with E-state index in [4.69, 9.17) is 18.9 Å². The van der Waals surface area contributed by atoms with Crippen LogP contribution >= 0.6 is 27.3 Å². The molecule has 0 atom stereocenters. The quantitative estimate of drug-likeness (QED) is 0.143. The van der Waals surface area contributed by atoms with Gasteiger partial charge in [0.25, 0.3) is 0 Å². The summed E-state index contributed by atoms with van der Waals surface area (Å²) in [6, 6.07) is 43.8. The van der Waals surface area contributed by atoms with E-state index in [2.05, 4.69) is 119 Å². The van der Waals surface area contributed by atoms with E-state index in [1.165, 1.54) is 0 Å². The highest BCUT2D eigenvalue weighted by molar-refractivity contribution is 9.10. The Morgan fingerprint density at radius 3 is 1.87 bits per heavy atom. The monoisotopic (exact) mass is 676 g/mol. The van der Waals surface area contributed by atoms with Gasteiger partial charge in [0, 0.05) is 36.1 Å². The van der Waals surface area contributed by atoms with E-state index in [9.17, 15) is 0 Å². The normalized spacial score (nSPS) is 13.9. The second-order valence-electron chi connectivity index (χ2n) is 11.3. The third-order valence-electron chi connectivity index (χ3n) is 7.92. The summed E-state index contributed by atoms with van der Waals surface area (Å²) in [5.74, 6) is 1.57. The summed E-state index contributed by atoms with van der Waals surface area (Å²) >= 11 is 5.64. The Balaban J connectivity index is 1.39.